The topological polar surface area (TPSA) is 59.1 Å². The van der Waals surface area contributed by atoms with E-state index in [1.54, 1.807) is 29.0 Å². The van der Waals surface area contributed by atoms with Gasteiger partial charge in [0.1, 0.15) is 6.61 Å². The number of rotatable bonds is 2. The van der Waals surface area contributed by atoms with Gasteiger partial charge in [0.25, 0.3) is 5.91 Å². The first-order valence-corrected chi connectivity index (χ1v) is 7.95. The number of benzene rings is 1. The van der Waals surface area contributed by atoms with Crippen molar-refractivity contribution in [2.75, 3.05) is 40.0 Å². The Morgan fingerprint density at radius 2 is 1.87 bits per heavy atom. The first-order chi connectivity index (χ1) is 11.1. The third kappa shape index (κ3) is 3.34. The van der Waals surface area contributed by atoms with Crippen LogP contribution in [0.25, 0.3) is 0 Å². The van der Waals surface area contributed by atoms with Gasteiger partial charge in [-0.05, 0) is 17.7 Å². The third-order valence-electron chi connectivity index (χ3n) is 4.26. The van der Waals surface area contributed by atoms with Crippen molar-refractivity contribution in [3.8, 4) is 0 Å². The van der Waals surface area contributed by atoms with Crippen molar-refractivity contribution in [1.82, 2.24) is 9.80 Å². The highest BCUT2D eigenvalue weighted by atomic mass is 35.5. The van der Waals surface area contributed by atoms with Crippen LogP contribution in [-0.2, 0) is 19.1 Å². The summed E-state index contributed by atoms with van der Waals surface area (Å²) in [6.45, 7) is 2.06. The van der Waals surface area contributed by atoms with E-state index < -0.39 is 12.1 Å². The molecule has 0 unspecified atom stereocenters. The Morgan fingerprint density at radius 1 is 1.22 bits per heavy atom. The number of carbonyl (C=O) groups excluding carboxylic acids is 2. The fourth-order valence-corrected chi connectivity index (χ4v) is 3.07. The largest absolute Gasteiger partial charge is 0.378 e. The van der Waals surface area contributed by atoms with Crippen molar-refractivity contribution in [1.29, 1.82) is 0 Å². The zero-order valence-electron chi connectivity index (χ0n) is 12.9. The van der Waals surface area contributed by atoms with Crippen LogP contribution in [0.5, 0.6) is 0 Å². The Labute approximate surface area is 139 Å². The van der Waals surface area contributed by atoms with E-state index in [1.807, 2.05) is 12.1 Å². The Hall–Kier alpha value is -1.63. The maximum Gasteiger partial charge on any atom is 0.254 e. The highest BCUT2D eigenvalue weighted by molar-refractivity contribution is 6.30. The van der Waals surface area contributed by atoms with Gasteiger partial charge in [-0.3, -0.25) is 9.59 Å². The summed E-state index contributed by atoms with van der Waals surface area (Å²) in [5.41, 5.74) is 0.830. The lowest BCUT2D eigenvalue weighted by atomic mass is 9.97. The standard InChI is InChI=1S/C16H19ClN2O4/c1-18-13(20)10-23-15(16(21)19-6-8-22-9-7-19)14(18)11-2-4-12(17)5-3-11/h2-5,14-15H,6-10H2,1H3/t14-,15-/m0/s1. The number of morpholine rings is 2. The van der Waals surface area contributed by atoms with Crippen molar-refractivity contribution < 1.29 is 19.1 Å². The first kappa shape index (κ1) is 16.2. The number of halogens is 1. The van der Waals surface area contributed by atoms with Crippen molar-refractivity contribution in [2.24, 2.45) is 0 Å². The monoisotopic (exact) mass is 338 g/mol. The summed E-state index contributed by atoms with van der Waals surface area (Å²) in [4.78, 5) is 28.2. The molecule has 0 aliphatic carbocycles. The lowest BCUT2D eigenvalue weighted by molar-refractivity contribution is -0.169. The van der Waals surface area contributed by atoms with E-state index in [1.165, 1.54) is 0 Å². The summed E-state index contributed by atoms with van der Waals surface area (Å²) in [6, 6.07) is 6.69. The number of amides is 2. The van der Waals surface area contributed by atoms with E-state index in [4.69, 9.17) is 21.1 Å². The average molecular weight is 339 g/mol. The number of carbonyl (C=O) groups is 2. The van der Waals surface area contributed by atoms with Gasteiger partial charge in [0, 0.05) is 25.2 Å². The van der Waals surface area contributed by atoms with Crippen LogP contribution >= 0.6 is 11.6 Å². The lowest BCUT2D eigenvalue weighted by Crippen LogP contribution is -2.55. The average Bonchev–Trinajstić information content (AvgIpc) is 2.58. The molecule has 23 heavy (non-hydrogen) atoms. The smallest absolute Gasteiger partial charge is 0.254 e. The predicted molar refractivity (Wildman–Crippen MR) is 84.1 cm³/mol. The Bertz CT molecular complexity index is 586. The molecule has 0 aromatic heterocycles. The second kappa shape index (κ2) is 6.86. The summed E-state index contributed by atoms with van der Waals surface area (Å²) in [5.74, 6) is -0.247. The highest BCUT2D eigenvalue weighted by Gasteiger charge is 2.41. The Kier molecular flexibility index (Phi) is 4.84. The molecule has 2 saturated heterocycles. The molecule has 7 heteroatoms. The second-order valence-electron chi connectivity index (χ2n) is 5.67. The molecule has 3 rings (SSSR count). The molecular formula is C16H19ClN2O4. The minimum absolute atomic E-state index is 0.0820. The zero-order chi connectivity index (χ0) is 16.4. The van der Waals surface area contributed by atoms with Crippen molar-refractivity contribution in [3.63, 3.8) is 0 Å². The Balaban J connectivity index is 1.87. The predicted octanol–water partition coefficient (Wildman–Crippen LogP) is 1.10. The van der Waals surface area contributed by atoms with Crippen molar-refractivity contribution in [3.05, 3.63) is 34.9 Å². The van der Waals surface area contributed by atoms with Gasteiger partial charge in [0.2, 0.25) is 5.91 Å². The van der Waals surface area contributed by atoms with Crippen LogP contribution in [0.2, 0.25) is 5.02 Å². The van der Waals surface area contributed by atoms with Gasteiger partial charge in [0.15, 0.2) is 6.10 Å². The zero-order valence-corrected chi connectivity index (χ0v) is 13.7. The Morgan fingerprint density at radius 3 is 2.52 bits per heavy atom. The number of likely N-dealkylation sites (N-methyl/N-ethyl adjacent to an activating group) is 1. The van der Waals surface area contributed by atoms with Crippen molar-refractivity contribution >= 4 is 23.4 Å². The normalized spacial score (nSPS) is 25.6. The summed E-state index contributed by atoms with van der Waals surface area (Å²) >= 11 is 5.94. The second-order valence-corrected chi connectivity index (χ2v) is 6.11. The summed E-state index contributed by atoms with van der Waals surface area (Å²) < 4.78 is 10.9. The molecule has 2 amide bonds. The number of ether oxygens (including phenoxy) is 2. The van der Waals surface area contributed by atoms with Gasteiger partial charge in [-0.15, -0.1) is 0 Å². The minimum Gasteiger partial charge on any atom is -0.378 e. The van der Waals surface area contributed by atoms with Gasteiger partial charge < -0.3 is 19.3 Å². The molecule has 2 heterocycles. The molecule has 6 nitrogen and oxygen atoms in total. The van der Waals surface area contributed by atoms with Crippen LogP contribution in [0, 0.1) is 0 Å². The summed E-state index contributed by atoms with van der Waals surface area (Å²) in [6.07, 6.45) is -0.711. The number of nitrogens with zero attached hydrogens (tertiary/aromatic N) is 2. The van der Waals surface area contributed by atoms with Crippen LogP contribution in [0.15, 0.2) is 24.3 Å². The van der Waals surface area contributed by atoms with Crippen LogP contribution in [0.3, 0.4) is 0 Å². The van der Waals surface area contributed by atoms with E-state index in [9.17, 15) is 9.59 Å². The summed E-state index contributed by atoms with van der Waals surface area (Å²) in [5, 5.41) is 0.607. The van der Waals surface area contributed by atoms with Gasteiger partial charge >= 0.3 is 0 Å². The van der Waals surface area contributed by atoms with Gasteiger partial charge in [-0.1, -0.05) is 23.7 Å². The van der Waals surface area contributed by atoms with Crippen LogP contribution < -0.4 is 0 Å². The molecule has 2 atom stereocenters. The van der Waals surface area contributed by atoms with Crippen LogP contribution in [0.4, 0.5) is 0 Å². The van der Waals surface area contributed by atoms with E-state index in [-0.39, 0.29) is 18.4 Å². The molecule has 0 N–H and O–H groups in total. The van der Waals surface area contributed by atoms with Crippen LogP contribution in [-0.4, -0.2) is 67.7 Å². The molecule has 0 radical (unpaired) electrons. The van der Waals surface area contributed by atoms with E-state index in [0.29, 0.717) is 31.3 Å². The molecule has 0 saturated carbocycles. The quantitative estimate of drug-likeness (QED) is 0.810. The van der Waals surface area contributed by atoms with Gasteiger partial charge in [-0.25, -0.2) is 0 Å². The molecule has 2 fully saturated rings. The van der Waals surface area contributed by atoms with Crippen LogP contribution in [0.1, 0.15) is 11.6 Å². The summed E-state index contributed by atoms with van der Waals surface area (Å²) in [7, 11) is 1.70. The van der Waals surface area contributed by atoms with E-state index >= 15 is 0 Å². The number of hydrogen-bond acceptors (Lipinski definition) is 4. The van der Waals surface area contributed by atoms with E-state index in [2.05, 4.69) is 0 Å². The van der Waals surface area contributed by atoms with E-state index in [0.717, 1.165) is 5.56 Å². The maximum atomic E-state index is 12.8. The molecule has 2 aliphatic rings. The van der Waals surface area contributed by atoms with Gasteiger partial charge in [-0.2, -0.15) is 0 Å². The molecule has 0 spiro atoms. The SMILES string of the molecule is CN1C(=O)CO[C@H](C(=O)N2CCOCC2)[C@@H]1c1ccc(Cl)cc1. The van der Waals surface area contributed by atoms with Gasteiger partial charge in [0.05, 0.1) is 19.3 Å². The number of hydrogen-bond donors (Lipinski definition) is 0. The minimum atomic E-state index is -0.711. The molecule has 1 aromatic carbocycles. The fourth-order valence-electron chi connectivity index (χ4n) is 2.94. The van der Waals surface area contributed by atoms with Crippen molar-refractivity contribution in [2.45, 2.75) is 12.1 Å². The first-order valence-electron chi connectivity index (χ1n) is 7.57. The molecule has 0 bridgehead atoms. The molecule has 1 aromatic rings. The molecule has 124 valence electrons. The maximum absolute atomic E-state index is 12.8. The molecule has 2 aliphatic heterocycles. The highest BCUT2D eigenvalue weighted by Crippen LogP contribution is 2.31. The fraction of sp³-hybridized carbons (Fsp3) is 0.500. The molecular weight excluding hydrogens is 320 g/mol. The third-order valence-corrected chi connectivity index (χ3v) is 4.51. The lowest BCUT2D eigenvalue weighted by Gasteiger charge is -2.40.